The van der Waals surface area contributed by atoms with E-state index >= 15 is 0 Å². The van der Waals surface area contributed by atoms with Crippen LogP contribution in [0.3, 0.4) is 0 Å². The Morgan fingerprint density at radius 1 is 1.39 bits per heavy atom. The van der Waals surface area contributed by atoms with Gasteiger partial charge in [0.1, 0.15) is 6.04 Å². The van der Waals surface area contributed by atoms with Crippen LogP contribution in [0.2, 0.25) is 0 Å². The van der Waals surface area contributed by atoms with Crippen LogP contribution in [0.15, 0.2) is 0 Å². The fourth-order valence-electron chi connectivity index (χ4n) is 1.31. The minimum absolute atomic E-state index is 0.0106. The van der Waals surface area contributed by atoms with E-state index in [-0.39, 0.29) is 17.6 Å². The predicted molar refractivity (Wildman–Crippen MR) is 68.3 cm³/mol. The van der Waals surface area contributed by atoms with Gasteiger partial charge in [-0.2, -0.15) is 11.8 Å². The third-order valence-electron chi connectivity index (χ3n) is 2.38. The molecule has 0 radical (unpaired) electrons. The minimum Gasteiger partial charge on any atom is -0.480 e. The minimum atomic E-state index is -1.06. The van der Waals surface area contributed by atoms with Crippen molar-refractivity contribution in [3.05, 3.63) is 0 Å². The Bertz CT molecular complexity index is 331. The summed E-state index contributed by atoms with van der Waals surface area (Å²) in [6, 6.07) is -0.535. The summed E-state index contributed by atoms with van der Waals surface area (Å²) in [7, 11) is 0. The summed E-state index contributed by atoms with van der Waals surface area (Å²) >= 11 is 1.35. The Hall–Kier alpha value is -1.24. The third-order valence-corrected chi connectivity index (χ3v) is 3.44. The summed E-state index contributed by atoms with van der Waals surface area (Å²) in [5.74, 6) is -0.584. The topological polar surface area (TPSA) is 95.5 Å². The van der Waals surface area contributed by atoms with Crippen LogP contribution in [-0.2, 0) is 14.4 Å². The van der Waals surface area contributed by atoms with Crippen LogP contribution in [0, 0.1) is 0 Å². The maximum Gasteiger partial charge on any atom is 0.327 e. The number of thioether (sulfide) groups is 1. The van der Waals surface area contributed by atoms with Crippen molar-refractivity contribution in [2.75, 3.05) is 11.5 Å². The number of aliphatic carboxylic acids is 1. The first-order valence-corrected chi connectivity index (χ1v) is 7.01. The molecule has 1 aliphatic rings. The van der Waals surface area contributed by atoms with Gasteiger partial charge in [-0.1, -0.05) is 0 Å². The van der Waals surface area contributed by atoms with Crippen LogP contribution in [0.1, 0.15) is 26.2 Å². The van der Waals surface area contributed by atoms with Gasteiger partial charge in [0.15, 0.2) is 0 Å². The number of hydrogen-bond acceptors (Lipinski definition) is 4. The van der Waals surface area contributed by atoms with Crippen molar-refractivity contribution in [3.8, 4) is 0 Å². The molecule has 1 saturated carbocycles. The third kappa shape index (κ3) is 6.48. The summed E-state index contributed by atoms with van der Waals surface area (Å²) in [6.45, 7) is 1.28. The number of carbonyl (C=O) groups is 3. The molecule has 0 aromatic carbocycles. The maximum atomic E-state index is 11.3. The van der Waals surface area contributed by atoms with E-state index in [0.717, 1.165) is 12.8 Å². The predicted octanol–water partition coefficient (Wildman–Crippen LogP) is -0.0224. The zero-order valence-electron chi connectivity index (χ0n) is 10.3. The number of rotatable bonds is 8. The Labute approximate surface area is 110 Å². The zero-order valence-corrected chi connectivity index (χ0v) is 11.1. The number of carboxylic acids is 1. The second-order valence-corrected chi connectivity index (χ2v) is 5.41. The Balaban J connectivity index is 2.11. The largest absolute Gasteiger partial charge is 0.480 e. The van der Waals surface area contributed by atoms with Crippen LogP contribution in [-0.4, -0.2) is 46.5 Å². The monoisotopic (exact) mass is 274 g/mol. The molecule has 1 fully saturated rings. The van der Waals surface area contributed by atoms with E-state index in [1.54, 1.807) is 0 Å². The standard InChI is InChI=1S/C11H18N2O4S/c1-7(14)12-9(11(16)17)6-18-5-4-10(15)13-8-2-3-8/h8-9H,2-6H2,1H3,(H,12,14)(H,13,15)(H,16,17)/t9-/m0/s1. The quantitative estimate of drug-likeness (QED) is 0.541. The number of nitrogens with one attached hydrogen (secondary N) is 2. The van der Waals surface area contributed by atoms with E-state index in [4.69, 9.17) is 5.11 Å². The van der Waals surface area contributed by atoms with Gasteiger partial charge in [0.2, 0.25) is 11.8 Å². The molecule has 2 amide bonds. The van der Waals surface area contributed by atoms with Gasteiger partial charge in [0, 0.05) is 30.9 Å². The number of carboxylic acid groups (broad SMARTS) is 1. The van der Waals surface area contributed by atoms with Crippen molar-refractivity contribution in [1.29, 1.82) is 0 Å². The molecule has 0 aliphatic heterocycles. The molecule has 18 heavy (non-hydrogen) atoms. The average molecular weight is 274 g/mol. The first kappa shape index (κ1) is 14.8. The molecule has 1 atom stereocenters. The number of hydrogen-bond donors (Lipinski definition) is 3. The SMILES string of the molecule is CC(=O)N[C@@H](CSCCC(=O)NC1CC1)C(=O)O. The van der Waals surface area contributed by atoms with Gasteiger partial charge >= 0.3 is 5.97 Å². The summed E-state index contributed by atoms with van der Waals surface area (Å²) in [6.07, 6.45) is 2.50. The molecule has 0 heterocycles. The van der Waals surface area contributed by atoms with Crippen molar-refractivity contribution in [3.63, 3.8) is 0 Å². The van der Waals surface area contributed by atoms with Gasteiger partial charge < -0.3 is 15.7 Å². The highest BCUT2D eigenvalue weighted by Gasteiger charge is 2.23. The molecule has 0 bridgehead atoms. The lowest BCUT2D eigenvalue weighted by Crippen LogP contribution is -2.41. The van der Waals surface area contributed by atoms with E-state index in [2.05, 4.69) is 10.6 Å². The van der Waals surface area contributed by atoms with Gasteiger partial charge in [-0.25, -0.2) is 4.79 Å². The van der Waals surface area contributed by atoms with Crippen molar-refractivity contribution in [1.82, 2.24) is 10.6 Å². The van der Waals surface area contributed by atoms with Crippen LogP contribution < -0.4 is 10.6 Å². The highest BCUT2D eigenvalue weighted by Crippen LogP contribution is 2.18. The van der Waals surface area contributed by atoms with E-state index in [1.807, 2.05) is 0 Å². The van der Waals surface area contributed by atoms with Crippen LogP contribution in [0.5, 0.6) is 0 Å². The Kier molecular flexibility index (Phi) is 5.97. The molecule has 6 nitrogen and oxygen atoms in total. The molecule has 0 unspecified atom stereocenters. The van der Waals surface area contributed by atoms with Crippen LogP contribution in [0.4, 0.5) is 0 Å². The van der Waals surface area contributed by atoms with Crippen LogP contribution >= 0.6 is 11.8 Å². The van der Waals surface area contributed by atoms with Gasteiger partial charge in [0.25, 0.3) is 0 Å². The first-order chi connectivity index (χ1) is 8.49. The van der Waals surface area contributed by atoms with Gasteiger partial charge in [0.05, 0.1) is 0 Å². The fraction of sp³-hybridized carbons (Fsp3) is 0.727. The lowest BCUT2D eigenvalue weighted by Gasteiger charge is -2.12. The van der Waals surface area contributed by atoms with Crippen molar-refractivity contribution in [2.24, 2.45) is 0 Å². The van der Waals surface area contributed by atoms with Gasteiger partial charge in [-0.3, -0.25) is 9.59 Å². The zero-order chi connectivity index (χ0) is 13.5. The van der Waals surface area contributed by atoms with Gasteiger partial charge in [-0.05, 0) is 12.8 Å². The molecule has 1 aliphatic carbocycles. The molecule has 3 N–H and O–H groups in total. The normalized spacial score (nSPS) is 15.8. The van der Waals surface area contributed by atoms with E-state index in [1.165, 1.54) is 18.7 Å². The first-order valence-electron chi connectivity index (χ1n) is 5.86. The highest BCUT2D eigenvalue weighted by atomic mass is 32.2. The Morgan fingerprint density at radius 2 is 2.06 bits per heavy atom. The number of amides is 2. The lowest BCUT2D eigenvalue weighted by atomic mass is 10.3. The highest BCUT2D eigenvalue weighted by molar-refractivity contribution is 7.99. The van der Waals surface area contributed by atoms with Gasteiger partial charge in [-0.15, -0.1) is 0 Å². The van der Waals surface area contributed by atoms with E-state index in [9.17, 15) is 14.4 Å². The molecular formula is C11H18N2O4S. The summed E-state index contributed by atoms with van der Waals surface area (Å²) in [5.41, 5.74) is 0. The lowest BCUT2D eigenvalue weighted by molar-refractivity contribution is -0.140. The average Bonchev–Trinajstić information content (AvgIpc) is 3.05. The maximum absolute atomic E-state index is 11.3. The van der Waals surface area contributed by atoms with E-state index in [0.29, 0.717) is 18.2 Å². The number of carbonyl (C=O) groups excluding carboxylic acids is 2. The molecule has 1 rings (SSSR count). The molecule has 102 valence electrons. The summed E-state index contributed by atoms with van der Waals surface area (Å²) in [4.78, 5) is 32.9. The summed E-state index contributed by atoms with van der Waals surface area (Å²) in [5, 5.41) is 14.1. The molecule has 0 saturated heterocycles. The molecule has 0 aromatic heterocycles. The molecule has 0 spiro atoms. The fourth-order valence-corrected chi connectivity index (χ4v) is 2.27. The molecular weight excluding hydrogens is 256 g/mol. The molecule has 0 aromatic rings. The molecule has 7 heteroatoms. The second-order valence-electron chi connectivity index (χ2n) is 4.26. The van der Waals surface area contributed by atoms with Crippen molar-refractivity contribution in [2.45, 2.75) is 38.3 Å². The van der Waals surface area contributed by atoms with E-state index < -0.39 is 12.0 Å². The summed E-state index contributed by atoms with van der Waals surface area (Å²) < 4.78 is 0. The van der Waals surface area contributed by atoms with Crippen molar-refractivity contribution < 1.29 is 19.5 Å². The smallest absolute Gasteiger partial charge is 0.327 e. The second kappa shape index (κ2) is 7.25. The Morgan fingerprint density at radius 3 is 2.56 bits per heavy atom. The van der Waals surface area contributed by atoms with Crippen LogP contribution in [0.25, 0.3) is 0 Å². The van der Waals surface area contributed by atoms with Crippen molar-refractivity contribution >= 4 is 29.5 Å².